The minimum atomic E-state index is -2.89. The summed E-state index contributed by atoms with van der Waals surface area (Å²) >= 11 is 1.91. The largest absolute Gasteiger partial charge is 0.309 e. The van der Waals surface area contributed by atoms with E-state index in [1.165, 1.54) is 96.6 Å². The second kappa shape index (κ2) is 17.1. The van der Waals surface area contributed by atoms with Crippen LogP contribution in [-0.4, -0.2) is 8.07 Å². The van der Waals surface area contributed by atoms with Crippen LogP contribution in [-0.2, 0) is 5.41 Å². The highest BCUT2D eigenvalue weighted by molar-refractivity contribution is 7.99. The first-order chi connectivity index (χ1) is 35.7. The molecule has 12 aromatic rings. The first-order valence-corrected chi connectivity index (χ1v) is 27.7. The van der Waals surface area contributed by atoms with Gasteiger partial charge in [-0.1, -0.05) is 260 Å². The Labute approximate surface area is 426 Å². The maximum absolute atomic E-state index is 2.89. The van der Waals surface area contributed by atoms with Crippen LogP contribution in [0.5, 0.6) is 0 Å². The molecule has 0 aromatic heterocycles. The van der Waals surface area contributed by atoms with Crippen molar-refractivity contribution in [1.29, 1.82) is 0 Å². The fraction of sp³-hybridized carbons (Fsp3) is 0.0145. The molecule has 0 fully saturated rings. The van der Waals surface area contributed by atoms with Gasteiger partial charge in [0.2, 0.25) is 0 Å². The average molecular weight is 950 g/mol. The molecule has 338 valence electrons. The predicted molar refractivity (Wildman–Crippen MR) is 307 cm³/mol. The molecular weight excluding hydrogens is 903 g/mol. The Morgan fingerprint density at radius 1 is 0.319 bits per heavy atom. The lowest BCUT2D eigenvalue weighted by atomic mass is 9.64. The van der Waals surface area contributed by atoms with Crippen molar-refractivity contribution in [3.05, 3.63) is 307 Å². The smallest absolute Gasteiger partial charge is 0.180 e. The third-order valence-electron chi connectivity index (χ3n) is 15.5. The predicted octanol–water partition coefficient (Wildman–Crippen LogP) is 15.3. The van der Waals surface area contributed by atoms with Gasteiger partial charge in [0, 0.05) is 21.2 Å². The van der Waals surface area contributed by atoms with Crippen molar-refractivity contribution in [2.75, 3.05) is 4.90 Å². The molecule has 2 heterocycles. The molecule has 14 rings (SSSR count). The number of hydrogen-bond acceptors (Lipinski definition) is 2. The summed E-state index contributed by atoms with van der Waals surface area (Å²) in [5, 5.41) is 10.6. The highest BCUT2D eigenvalue weighted by Crippen LogP contribution is 2.59. The molecule has 1 nitrogen and oxygen atoms in total. The lowest BCUT2D eigenvalue weighted by molar-refractivity contribution is 0.707. The molecule has 2 aliphatic rings. The van der Waals surface area contributed by atoms with Gasteiger partial charge >= 0.3 is 0 Å². The summed E-state index contributed by atoms with van der Waals surface area (Å²) in [4.78, 5) is 5.03. The standard InChI is InChI=1S/C69H47NSSi/c1-3-24-54(25-4-1)72(55-26-5-2-6-27-55)66-38-15-12-33-61(66)69(62-34-13-16-39-67(62)72)60-32-11-14-37-65(60)71-68-63(69)35-19-36-64(68)70(52-44-40-50(41-45-52)58-30-17-22-48-20-7-9-28-56(48)58)53-46-42-51(43-47-53)59-31-18-23-49-21-8-10-29-57(49)59/h1-47H. The fourth-order valence-electron chi connectivity index (χ4n) is 12.5. The van der Waals surface area contributed by atoms with Crippen LogP contribution in [0.25, 0.3) is 43.8 Å². The number of anilines is 3. The van der Waals surface area contributed by atoms with E-state index in [-0.39, 0.29) is 0 Å². The Morgan fingerprint density at radius 3 is 1.28 bits per heavy atom. The molecule has 3 heteroatoms. The summed E-state index contributed by atoms with van der Waals surface area (Å²) in [7, 11) is -2.89. The summed E-state index contributed by atoms with van der Waals surface area (Å²) in [6.45, 7) is 0. The first-order valence-electron chi connectivity index (χ1n) is 24.9. The van der Waals surface area contributed by atoms with Gasteiger partial charge in [-0.3, -0.25) is 0 Å². The van der Waals surface area contributed by atoms with Gasteiger partial charge in [-0.05, 0) is 123 Å². The molecule has 0 atom stereocenters. The van der Waals surface area contributed by atoms with Crippen LogP contribution in [0.1, 0.15) is 22.3 Å². The van der Waals surface area contributed by atoms with Crippen LogP contribution >= 0.6 is 11.8 Å². The van der Waals surface area contributed by atoms with E-state index in [2.05, 4.69) is 290 Å². The zero-order chi connectivity index (χ0) is 47.6. The summed E-state index contributed by atoms with van der Waals surface area (Å²) < 4.78 is 0. The van der Waals surface area contributed by atoms with Crippen molar-refractivity contribution in [3.63, 3.8) is 0 Å². The van der Waals surface area contributed by atoms with E-state index in [0.717, 1.165) is 17.1 Å². The molecule has 0 bridgehead atoms. The summed E-state index contributed by atoms with van der Waals surface area (Å²) in [5.41, 5.74) is 12.9. The Bertz CT molecular complexity index is 3790. The van der Waals surface area contributed by atoms with E-state index in [0.29, 0.717) is 0 Å². The van der Waals surface area contributed by atoms with E-state index in [4.69, 9.17) is 0 Å². The van der Waals surface area contributed by atoms with Gasteiger partial charge in [-0.15, -0.1) is 0 Å². The molecule has 0 N–H and O–H groups in total. The summed E-state index contributed by atoms with van der Waals surface area (Å²) in [6.07, 6.45) is 0. The van der Waals surface area contributed by atoms with Crippen molar-refractivity contribution >= 4 is 79.2 Å². The minimum Gasteiger partial charge on any atom is -0.309 e. The van der Waals surface area contributed by atoms with Crippen molar-refractivity contribution in [3.8, 4) is 22.3 Å². The molecular formula is C69H47NSSi. The fourth-order valence-corrected chi connectivity index (χ4v) is 19.1. The highest BCUT2D eigenvalue weighted by atomic mass is 32.2. The Morgan fingerprint density at radius 2 is 0.736 bits per heavy atom. The molecule has 0 aliphatic carbocycles. The van der Waals surface area contributed by atoms with Crippen LogP contribution in [0.15, 0.2) is 295 Å². The number of benzene rings is 12. The molecule has 0 amide bonds. The molecule has 72 heavy (non-hydrogen) atoms. The van der Waals surface area contributed by atoms with E-state index in [1.54, 1.807) is 0 Å². The lowest BCUT2D eigenvalue weighted by Crippen LogP contribution is -2.79. The third-order valence-corrected chi connectivity index (χ3v) is 21.6. The van der Waals surface area contributed by atoms with Crippen LogP contribution in [0.3, 0.4) is 0 Å². The van der Waals surface area contributed by atoms with Crippen LogP contribution < -0.4 is 25.6 Å². The van der Waals surface area contributed by atoms with Crippen molar-refractivity contribution in [1.82, 2.24) is 0 Å². The second-order valence-electron chi connectivity index (χ2n) is 19.1. The van der Waals surface area contributed by atoms with Crippen molar-refractivity contribution in [2.24, 2.45) is 0 Å². The maximum Gasteiger partial charge on any atom is 0.180 e. The number of rotatable bonds is 7. The lowest BCUT2D eigenvalue weighted by Gasteiger charge is -2.52. The van der Waals surface area contributed by atoms with Gasteiger partial charge in [0.1, 0.15) is 0 Å². The molecule has 0 unspecified atom stereocenters. The average Bonchev–Trinajstić information content (AvgIpc) is 3.47. The van der Waals surface area contributed by atoms with Gasteiger partial charge in [0.25, 0.3) is 0 Å². The van der Waals surface area contributed by atoms with Crippen LogP contribution in [0.4, 0.5) is 17.1 Å². The minimum absolute atomic E-state index is 0.622. The zero-order valence-corrected chi connectivity index (χ0v) is 41.3. The SMILES string of the molecule is c1ccc([Si]2(c3ccccc3)c3ccccc3C3(c4ccccc4Sc4c(N(c5ccc(-c6cccc7ccccc67)cc5)c5ccc(-c6cccc7ccccc67)cc5)cccc43)c3ccccc32)cc1. The summed E-state index contributed by atoms with van der Waals surface area (Å²) in [6, 6.07) is 107. The van der Waals surface area contributed by atoms with E-state index in [9.17, 15) is 0 Å². The van der Waals surface area contributed by atoms with Gasteiger partial charge in [-0.2, -0.15) is 0 Å². The number of nitrogens with zero attached hydrogens (tertiary/aromatic N) is 1. The Hall–Kier alpha value is -8.47. The monoisotopic (exact) mass is 949 g/mol. The molecule has 0 saturated heterocycles. The second-order valence-corrected chi connectivity index (χ2v) is 23.8. The normalized spacial score (nSPS) is 13.7. The molecule has 1 spiro atoms. The van der Waals surface area contributed by atoms with Gasteiger partial charge in [-0.25, -0.2) is 0 Å². The van der Waals surface area contributed by atoms with E-state index in [1.807, 2.05) is 11.8 Å². The van der Waals surface area contributed by atoms with E-state index >= 15 is 0 Å². The number of hydrogen-bond donors (Lipinski definition) is 0. The molecule has 0 saturated carbocycles. The summed E-state index contributed by atoms with van der Waals surface area (Å²) in [5.74, 6) is 0. The van der Waals surface area contributed by atoms with Crippen LogP contribution in [0, 0.1) is 0 Å². The van der Waals surface area contributed by atoms with Crippen molar-refractivity contribution < 1.29 is 0 Å². The Kier molecular flexibility index (Phi) is 10.1. The quantitative estimate of drug-likeness (QED) is 0.147. The zero-order valence-electron chi connectivity index (χ0n) is 39.5. The molecule has 0 radical (unpaired) electrons. The molecule has 2 aliphatic heterocycles. The van der Waals surface area contributed by atoms with Gasteiger partial charge in [0.05, 0.1) is 11.1 Å². The van der Waals surface area contributed by atoms with E-state index < -0.39 is 13.5 Å². The third kappa shape index (κ3) is 6.34. The van der Waals surface area contributed by atoms with Crippen LogP contribution in [0.2, 0.25) is 0 Å². The number of fused-ring (bicyclic) bond motifs is 10. The first kappa shape index (κ1) is 42.4. The maximum atomic E-state index is 2.50. The topological polar surface area (TPSA) is 3.24 Å². The Balaban J connectivity index is 1.02. The highest BCUT2D eigenvalue weighted by Gasteiger charge is 2.57. The molecule has 12 aromatic carbocycles. The van der Waals surface area contributed by atoms with Gasteiger partial charge in [0.15, 0.2) is 8.07 Å². The van der Waals surface area contributed by atoms with Gasteiger partial charge < -0.3 is 4.90 Å². The van der Waals surface area contributed by atoms with Crippen molar-refractivity contribution in [2.45, 2.75) is 15.2 Å².